The van der Waals surface area contributed by atoms with Crippen molar-refractivity contribution in [3.63, 3.8) is 0 Å². The summed E-state index contributed by atoms with van der Waals surface area (Å²) in [5.74, 6) is 0. The van der Waals surface area contributed by atoms with Gasteiger partial charge in [-0.05, 0) is 10.8 Å². The van der Waals surface area contributed by atoms with E-state index in [4.69, 9.17) is 0 Å². The third kappa shape index (κ3) is 10.3. The SMILES string of the molecule is CC(C)(C)c1ccc2c(c1)[cH-]c1cc(C(C)(C)C)ccc12.CC(C)[Si](=[Zr+2])C(C)C.[C-]1=CC=CC1.[Cl-].[Cl-]. The molecule has 3 aromatic rings. The van der Waals surface area contributed by atoms with Crippen LogP contribution in [0.15, 0.2) is 60.7 Å². The largest absolute Gasteiger partial charge is 1.00 e. The van der Waals surface area contributed by atoms with Crippen molar-refractivity contribution in [3.05, 3.63) is 77.9 Å². The maximum absolute atomic E-state index is 2.99. The number of hydrogen-bond donors (Lipinski definition) is 0. The monoisotopic (exact) mass is 616 g/mol. The minimum atomic E-state index is 0. The molecule has 0 radical (unpaired) electrons. The van der Waals surface area contributed by atoms with Crippen LogP contribution in [0.4, 0.5) is 0 Å². The van der Waals surface area contributed by atoms with Gasteiger partial charge in [0.25, 0.3) is 0 Å². The van der Waals surface area contributed by atoms with Crippen LogP contribution in [0.25, 0.3) is 21.5 Å². The van der Waals surface area contributed by atoms with Crippen LogP contribution in [-0.2, 0) is 34.2 Å². The van der Waals surface area contributed by atoms with Crippen molar-refractivity contribution >= 4 is 27.0 Å². The molecule has 0 atom stereocenters. The van der Waals surface area contributed by atoms with Crippen molar-refractivity contribution < 1.29 is 48.1 Å². The fraction of sp³-hybridized carbons (Fsp3) is 0.469. The van der Waals surface area contributed by atoms with E-state index in [2.05, 4.69) is 124 Å². The second kappa shape index (κ2) is 15.2. The molecule has 196 valence electrons. The first kappa shape index (κ1) is 35.5. The molecule has 0 amide bonds. The zero-order valence-electron chi connectivity index (χ0n) is 23.9. The molecule has 4 rings (SSSR count). The summed E-state index contributed by atoms with van der Waals surface area (Å²) in [6.07, 6.45) is 10.0. The maximum Gasteiger partial charge on any atom is -0.109 e. The van der Waals surface area contributed by atoms with Crippen molar-refractivity contribution in [3.8, 4) is 0 Å². The molecule has 0 aliphatic heterocycles. The Hall–Kier alpha value is -0.530. The van der Waals surface area contributed by atoms with Gasteiger partial charge in [0.2, 0.25) is 0 Å². The van der Waals surface area contributed by atoms with Gasteiger partial charge >= 0.3 is 67.5 Å². The number of hydrogen-bond acceptors (Lipinski definition) is 0. The zero-order valence-corrected chi connectivity index (χ0v) is 28.9. The average Bonchev–Trinajstić information content (AvgIpc) is 3.42. The number of halogens is 2. The van der Waals surface area contributed by atoms with Crippen LogP contribution in [0.2, 0.25) is 11.1 Å². The molecule has 0 spiro atoms. The normalized spacial score (nSPS) is 12.6. The van der Waals surface area contributed by atoms with Gasteiger partial charge in [-0.1, -0.05) is 76.9 Å². The third-order valence-electron chi connectivity index (χ3n) is 6.27. The third-order valence-corrected chi connectivity index (χ3v) is 17.3. The quantitative estimate of drug-likeness (QED) is 0.302. The Bertz CT molecular complexity index is 1080. The van der Waals surface area contributed by atoms with Gasteiger partial charge in [-0.15, -0.1) is 46.2 Å². The summed E-state index contributed by atoms with van der Waals surface area (Å²) in [7, 11) is 0. The fourth-order valence-corrected chi connectivity index (χ4v) is 5.30. The second-order valence-corrected chi connectivity index (χ2v) is 19.5. The van der Waals surface area contributed by atoms with E-state index in [0.717, 1.165) is 17.5 Å². The van der Waals surface area contributed by atoms with Crippen LogP contribution in [0.1, 0.15) is 86.8 Å². The van der Waals surface area contributed by atoms with Crippen molar-refractivity contribution in [2.45, 2.75) is 97.6 Å². The first-order valence-electron chi connectivity index (χ1n) is 12.7. The Morgan fingerprint density at radius 3 is 1.42 bits per heavy atom. The van der Waals surface area contributed by atoms with Gasteiger partial charge in [0.05, 0.1) is 0 Å². The summed E-state index contributed by atoms with van der Waals surface area (Å²) in [6.45, 7) is 23.0. The first-order valence-corrected chi connectivity index (χ1v) is 18.0. The van der Waals surface area contributed by atoms with Crippen molar-refractivity contribution in [2.75, 3.05) is 0 Å². The Kier molecular flexibility index (Phi) is 14.9. The van der Waals surface area contributed by atoms with Crippen LogP contribution in [0.3, 0.4) is 0 Å². The second-order valence-electron chi connectivity index (χ2n) is 12.0. The maximum atomic E-state index is 2.99. The fourth-order valence-electron chi connectivity index (χ4n) is 3.96. The summed E-state index contributed by atoms with van der Waals surface area (Å²) in [5.41, 5.74) is 5.25. The number of benzene rings is 2. The molecule has 0 nitrogen and oxygen atoms in total. The van der Waals surface area contributed by atoms with Gasteiger partial charge < -0.3 is 24.8 Å². The molecular formula is C32H44Cl2SiZr-2. The van der Waals surface area contributed by atoms with E-state index in [9.17, 15) is 0 Å². The van der Waals surface area contributed by atoms with E-state index in [1.807, 2.05) is 12.2 Å². The summed E-state index contributed by atoms with van der Waals surface area (Å²) >= 11 is 1.80. The zero-order chi connectivity index (χ0) is 25.7. The minimum Gasteiger partial charge on any atom is -1.00 e. The molecule has 4 heteroatoms. The molecule has 0 saturated heterocycles. The number of rotatable bonds is 2. The molecule has 0 aromatic heterocycles. The number of allylic oxidation sites excluding steroid dienone is 4. The summed E-state index contributed by atoms with van der Waals surface area (Å²) in [4.78, 5) is 0. The van der Waals surface area contributed by atoms with Crippen molar-refractivity contribution in [1.82, 2.24) is 0 Å². The smallest absolute Gasteiger partial charge is 0.109 e. The van der Waals surface area contributed by atoms with Gasteiger partial charge in [-0.25, -0.2) is 12.2 Å². The molecule has 0 N–H and O–H groups in total. The Labute approximate surface area is 249 Å². The minimum absolute atomic E-state index is 0. The van der Waals surface area contributed by atoms with Gasteiger partial charge in [0.1, 0.15) is 0 Å². The van der Waals surface area contributed by atoms with Gasteiger partial charge in [0, 0.05) is 0 Å². The molecule has 0 heterocycles. The summed E-state index contributed by atoms with van der Waals surface area (Å²) in [6, 6.07) is 16.2. The van der Waals surface area contributed by atoms with Gasteiger partial charge in [-0.2, -0.15) is 6.08 Å². The van der Waals surface area contributed by atoms with Crippen LogP contribution in [0, 0.1) is 6.08 Å². The molecule has 1 aliphatic carbocycles. The van der Waals surface area contributed by atoms with Crippen LogP contribution < -0.4 is 24.8 Å². The van der Waals surface area contributed by atoms with Crippen molar-refractivity contribution in [1.29, 1.82) is 0 Å². The molecule has 0 unspecified atom stereocenters. The van der Waals surface area contributed by atoms with Gasteiger partial charge in [0.15, 0.2) is 0 Å². The van der Waals surface area contributed by atoms with Gasteiger partial charge in [-0.3, -0.25) is 6.08 Å². The van der Waals surface area contributed by atoms with E-state index in [-0.39, 0.29) is 41.1 Å². The first-order chi connectivity index (χ1) is 15.7. The van der Waals surface area contributed by atoms with E-state index in [1.54, 1.807) is 23.3 Å². The van der Waals surface area contributed by atoms with E-state index < -0.39 is 0 Å². The van der Waals surface area contributed by atoms with Crippen LogP contribution in [0.5, 0.6) is 0 Å². The Morgan fingerprint density at radius 2 is 1.19 bits per heavy atom. The standard InChI is InChI=1S/C21H25.C6H14Si.C5H5.2ClH.Zr/c1-20(2,3)16-7-9-18-14(12-16)11-15-13-17(21(4,5)6)8-10-19(15)18;1-5(2)7-6(3)4;1-2-4-5-3-1;;;/h7-13H,1-6H3;5-6H,1-4H3;1-3H,4H2;2*1H;/q-1;;-1;;;+2/p-2. The van der Waals surface area contributed by atoms with E-state index in [0.29, 0.717) is 0 Å². The molecule has 0 fully saturated rings. The predicted octanol–water partition coefficient (Wildman–Crippen LogP) is 3.97. The molecule has 0 saturated carbocycles. The Balaban J connectivity index is 0.000000681. The average molecular weight is 619 g/mol. The molecule has 1 aliphatic rings. The number of fused-ring (bicyclic) bond motifs is 3. The molecule has 0 bridgehead atoms. The summed E-state index contributed by atoms with van der Waals surface area (Å²) in [5, 5.41) is 5.48. The van der Waals surface area contributed by atoms with E-state index in [1.165, 1.54) is 32.7 Å². The van der Waals surface area contributed by atoms with Crippen LogP contribution >= 0.6 is 0 Å². The molecule has 36 heavy (non-hydrogen) atoms. The Morgan fingerprint density at radius 1 is 0.778 bits per heavy atom. The van der Waals surface area contributed by atoms with Crippen LogP contribution in [-0.4, -0.2) is 5.43 Å². The summed E-state index contributed by atoms with van der Waals surface area (Å²) < 4.78 is 0. The van der Waals surface area contributed by atoms with Crippen molar-refractivity contribution in [2.24, 2.45) is 0 Å². The topological polar surface area (TPSA) is 0 Å². The predicted molar refractivity (Wildman–Crippen MR) is 152 cm³/mol. The molecule has 3 aromatic carbocycles. The van der Waals surface area contributed by atoms with E-state index >= 15 is 0 Å². The molecular weight excluding hydrogens is 575 g/mol.